The fraction of sp³-hybridized carbons (Fsp3) is 0.550. The van der Waals surface area contributed by atoms with Crippen LogP contribution in [0.15, 0.2) is 46.6 Å². The molecule has 0 atom stereocenters. The van der Waals surface area contributed by atoms with Crippen LogP contribution in [0.5, 0.6) is 0 Å². The fourth-order valence-corrected chi connectivity index (χ4v) is 3.24. The third-order valence-electron chi connectivity index (χ3n) is 4.55. The number of carboxylic acids is 1. The van der Waals surface area contributed by atoms with Crippen molar-refractivity contribution in [1.82, 2.24) is 0 Å². The fourth-order valence-electron chi connectivity index (χ4n) is 3.24. The Kier molecular flexibility index (Phi) is 6.86. The minimum atomic E-state index is -0.898. The quantitative estimate of drug-likeness (QED) is 0.381. The van der Waals surface area contributed by atoms with Gasteiger partial charge in [0.05, 0.1) is 0 Å². The van der Waals surface area contributed by atoms with Gasteiger partial charge in [-0.3, -0.25) is 0 Å². The molecule has 1 N–H and O–H groups in total. The van der Waals surface area contributed by atoms with Crippen molar-refractivity contribution in [2.24, 2.45) is 5.41 Å². The topological polar surface area (TPSA) is 37.3 Å². The Labute approximate surface area is 135 Å². The molecule has 0 fully saturated rings. The lowest BCUT2D eigenvalue weighted by molar-refractivity contribution is -0.131. The molecule has 0 radical (unpaired) electrons. The van der Waals surface area contributed by atoms with Gasteiger partial charge in [-0.15, -0.1) is 0 Å². The molecule has 122 valence electrons. The summed E-state index contributed by atoms with van der Waals surface area (Å²) in [6.07, 6.45) is 13.2. The van der Waals surface area contributed by atoms with Crippen molar-refractivity contribution in [2.75, 3.05) is 0 Å². The van der Waals surface area contributed by atoms with Crippen LogP contribution in [0.1, 0.15) is 66.7 Å². The van der Waals surface area contributed by atoms with Crippen LogP contribution in [-0.2, 0) is 4.79 Å². The third-order valence-corrected chi connectivity index (χ3v) is 4.55. The van der Waals surface area contributed by atoms with Crippen LogP contribution in [0, 0.1) is 5.41 Å². The highest BCUT2D eigenvalue weighted by molar-refractivity contribution is 5.81. The third kappa shape index (κ3) is 6.05. The molecule has 0 aromatic rings. The molecular formula is C20H30O2. The standard InChI is InChI=1S/C20H30O2/c1-15(8-6-9-16(2)14-19(21)22)11-12-18-17(3)10-7-13-20(18,4)5/h6,8-9,14H,7,10-13H2,1-5H3,(H,21,22). The minimum Gasteiger partial charge on any atom is -0.478 e. The Bertz CT molecular complexity index is 528. The first kappa shape index (κ1) is 18.5. The van der Waals surface area contributed by atoms with Crippen molar-refractivity contribution in [3.63, 3.8) is 0 Å². The number of carbonyl (C=O) groups is 1. The van der Waals surface area contributed by atoms with Gasteiger partial charge in [-0.2, -0.15) is 0 Å². The minimum absolute atomic E-state index is 0.346. The van der Waals surface area contributed by atoms with Gasteiger partial charge in [-0.1, -0.05) is 48.8 Å². The molecule has 0 aromatic heterocycles. The smallest absolute Gasteiger partial charge is 0.328 e. The Morgan fingerprint density at radius 3 is 2.59 bits per heavy atom. The van der Waals surface area contributed by atoms with Crippen LogP contribution in [0.2, 0.25) is 0 Å². The van der Waals surface area contributed by atoms with Crippen molar-refractivity contribution < 1.29 is 9.90 Å². The van der Waals surface area contributed by atoms with Crippen molar-refractivity contribution in [3.8, 4) is 0 Å². The summed E-state index contributed by atoms with van der Waals surface area (Å²) in [6.45, 7) is 11.0. The van der Waals surface area contributed by atoms with Gasteiger partial charge in [0.25, 0.3) is 0 Å². The molecule has 22 heavy (non-hydrogen) atoms. The van der Waals surface area contributed by atoms with Crippen molar-refractivity contribution in [3.05, 3.63) is 46.6 Å². The first-order valence-corrected chi connectivity index (χ1v) is 8.16. The highest BCUT2D eigenvalue weighted by Gasteiger charge is 2.27. The van der Waals surface area contributed by atoms with Crippen LogP contribution in [0.4, 0.5) is 0 Å². The zero-order valence-electron chi connectivity index (χ0n) is 14.7. The maximum Gasteiger partial charge on any atom is 0.328 e. The van der Waals surface area contributed by atoms with E-state index in [-0.39, 0.29) is 0 Å². The number of hydrogen-bond donors (Lipinski definition) is 1. The molecule has 0 saturated heterocycles. The van der Waals surface area contributed by atoms with Crippen molar-refractivity contribution >= 4 is 5.97 Å². The van der Waals surface area contributed by atoms with Crippen LogP contribution >= 0.6 is 0 Å². The number of hydrogen-bond acceptors (Lipinski definition) is 1. The summed E-state index contributed by atoms with van der Waals surface area (Å²) in [7, 11) is 0. The summed E-state index contributed by atoms with van der Waals surface area (Å²) in [5.41, 5.74) is 5.65. The van der Waals surface area contributed by atoms with E-state index in [1.165, 1.54) is 30.9 Å². The van der Waals surface area contributed by atoms with E-state index in [4.69, 9.17) is 5.11 Å². The van der Waals surface area contributed by atoms with E-state index in [0.717, 1.165) is 18.4 Å². The molecule has 0 heterocycles. The summed E-state index contributed by atoms with van der Waals surface area (Å²) < 4.78 is 0. The van der Waals surface area contributed by atoms with E-state index >= 15 is 0 Å². The normalized spacial score (nSPS) is 19.9. The van der Waals surface area contributed by atoms with Crippen molar-refractivity contribution in [2.45, 2.75) is 66.7 Å². The molecule has 0 amide bonds. The van der Waals surface area contributed by atoms with Gasteiger partial charge in [0.1, 0.15) is 0 Å². The predicted molar refractivity (Wildman–Crippen MR) is 93.9 cm³/mol. The van der Waals surface area contributed by atoms with Crippen LogP contribution in [0.3, 0.4) is 0 Å². The lowest BCUT2D eigenvalue weighted by Gasteiger charge is -2.34. The van der Waals surface area contributed by atoms with Crippen LogP contribution < -0.4 is 0 Å². The van der Waals surface area contributed by atoms with E-state index < -0.39 is 5.97 Å². The molecule has 1 aliphatic carbocycles. The van der Waals surface area contributed by atoms with E-state index in [1.807, 2.05) is 12.2 Å². The summed E-state index contributed by atoms with van der Waals surface area (Å²) in [5, 5.41) is 8.66. The zero-order chi connectivity index (χ0) is 16.8. The Morgan fingerprint density at radius 1 is 1.32 bits per heavy atom. The van der Waals surface area contributed by atoms with Crippen LogP contribution in [-0.4, -0.2) is 11.1 Å². The number of allylic oxidation sites excluding steroid dienone is 7. The number of rotatable bonds is 6. The summed E-state index contributed by atoms with van der Waals surface area (Å²) in [5.74, 6) is -0.898. The summed E-state index contributed by atoms with van der Waals surface area (Å²) >= 11 is 0. The Hall–Kier alpha value is -1.57. The average Bonchev–Trinajstić information content (AvgIpc) is 2.36. The molecule has 0 saturated carbocycles. The van der Waals surface area contributed by atoms with Gasteiger partial charge in [-0.25, -0.2) is 4.79 Å². The lowest BCUT2D eigenvalue weighted by atomic mass is 9.71. The SMILES string of the molecule is CC(C=CC=C(C)CCC1=C(C)CCCC1(C)C)=CC(=O)O. The molecule has 0 aromatic carbocycles. The molecule has 2 heteroatoms. The molecule has 1 rings (SSSR count). The summed E-state index contributed by atoms with van der Waals surface area (Å²) in [4.78, 5) is 10.5. The molecule has 1 aliphatic rings. The second kappa shape index (κ2) is 8.17. The maximum atomic E-state index is 10.5. The van der Waals surface area contributed by atoms with Crippen LogP contribution in [0.25, 0.3) is 0 Å². The average molecular weight is 302 g/mol. The molecule has 2 nitrogen and oxygen atoms in total. The highest BCUT2D eigenvalue weighted by Crippen LogP contribution is 2.42. The largest absolute Gasteiger partial charge is 0.478 e. The Balaban J connectivity index is 2.62. The van der Waals surface area contributed by atoms with Crippen molar-refractivity contribution in [1.29, 1.82) is 0 Å². The van der Waals surface area contributed by atoms with Gasteiger partial charge in [0, 0.05) is 6.08 Å². The van der Waals surface area contributed by atoms with E-state index in [0.29, 0.717) is 5.41 Å². The maximum absolute atomic E-state index is 10.5. The van der Waals surface area contributed by atoms with Gasteiger partial charge >= 0.3 is 5.97 Å². The Morgan fingerprint density at radius 2 is 2.00 bits per heavy atom. The predicted octanol–water partition coefficient (Wildman–Crippen LogP) is 5.83. The second-order valence-corrected chi connectivity index (χ2v) is 7.10. The van der Waals surface area contributed by atoms with E-state index in [2.05, 4.69) is 33.8 Å². The molecule has 0 unspecified atom stereocenters. The van der Waals surface area contributed by atoms with Gasteiger partial charge in [-0.05, 0) is 63.9 Å². The second-order valence-electron chi connectivity index (χ2n) is 7.10. The molecule has 0 bridgehead atoms. The molecular weight excluding hydrogens is 272 g/mol. The summed E-state index contributed by atoms with van der Waals surface area (Å²) in [6, 6.07) is 0. The van der Waals surface area contributed by atoms with Gasteiger partial charge in [0.15, 0.2) is 0 Å². The van der Waals surface area contributed by atoms with E-state index in [9.17, 15) is 4.79 Å². The molecule has 0 spiro atoms. The highest BCUT2D eigenvalue weighted by atomic mass is 16.4. The lowest BCUT2D eigenvalue weighted by Crippen LogP contribution is -2.20. The molecule has 0 aliphatic heterocycles. The zero-order valence-corrected chi connectivity index (χ0v) is 14.7. The van der Waals surface area contributed by atoms with Gasteiger partial charge < -0.3 is 5.11 Å². The first-order chi connectivity index (χ1) is 10.2. The monoisotopic (exact) mass is 302 g/mol. The first-order valence-electron chi connectivity index (χ1n) is 8.16. The number of carboxylic acid groups (broad SMARTS) is 1. The van der Waals surface area contributed by atoms with Gasteiger partial charge in [0.2, 0.25) is 0 Å². The van der Waals surface area contributed by atoms with E-state index in [1.54, 1.807) is 18.1 Å². The number of aliphatic carboxylic acids is 1.